The van der Waals surface area contributed by atoms with E-state index in [2.05, 4.69) is 34.3 Å². The van der Waals surface area contributed by atoms with Crippen molar-refractivity contribution in [1.29, 1.82) is 0 Å². The van der Waals surface area contributed by atoms with Gasteiger partial charge in [-0.2, -0.15) is 0 Å². The van der Waals surface area contributed by atoms with Gasteiger partial charge in [0.05, 0.1) is 12.8 Å². The number of aromatic nitrogens is 2. The lowest BCUT2D eigenvalue weighted by atomic mass is 10.0. The molecule has 0 bridgehead atoms. The number of rotatable bonds is 6. The number of hydrogen-bond acceptors (Lipinski definition) is 4. The van der Waals surface area contributed by atoms with Gasteiger partial charge in [0.1, 0.15) is 5.75 Å². The summed E-state index contributed by atoms with van der Waals surface area (Å²) in [5.74, 6) is 0.882. The molecule has 4 nitrogen and oxygen atoms in total. The van der Waals surface area contributed by atoms with E-state index in [0.717, 1.165) is 24.4 Å². The fourth-order valence-electron chi connectivity index (χ4n) is 1.98. The molecule has 0 spiro atoms. The van der Waals surface area contributed by atoms with Crippen LogP contribution in [0.25, 0.3) is 0 Å². The van der Waals surface area contributed by atoms with Gasteiger partial charge in [-0.05, 0) is 24.1 Å². The van der Waals surface area contributed by atoms with Crippen LogP contribution >= 0.6 is 0 Å². The molecule has 4 heteroatoms. The molecule has 0 radical (unpaired) electrons. The first-order valence-corrected chi connectivity index (χ1v) is 6.45. The highest BCUT2D eigenvalue weighted by molar-refractivity contribution is 5.29. The third-order valence-electron chi connectivity index (χ3n) is 3.07. The second-order valence-electron chi connectivity index (χ2n) is 4.31. The van der Waals surface area contributed by atoms with Crippen molar-refractivity contribution in [3.63, 3.8) is 0 Å². The van der Waals surface area contributed by atoms with Crippen LogP contribution in [0.1, 0.15) is 30.6 Å². The van der Waals surface area contributed by atoms with E-state index in [-0.39, 0.29) is 0 Å². The molecule has 1 aromatic carbocycles. The lowest BCUT2D eigenvalue weighted by Crippen LogP contribution is -2.20. The first kappa shape index (κ1) is 13.5. The standard InChI is InChI=1S/C15H19N3O/c1-3-15(12-4-6-14(19-2)7-5-12)18-11-13-10-16-8-9-17-13/h4-10,15,18H,3,11H2,1-2H3. The van der Waals surface area contributed by atoms with Gasteiger partial charge >= 0.3 is 0 Å². The normalized spacial score (nSPS) is 12.1. The molecule has 19 heavy (non-hydrogen) atoms. The number of hydrogen-bond donors (Lipinski definition) is 1. The van der Waals surface area contributed by atoms with Gasteiger partial charge in [0.25, 0.3) is 0 Å². The van der Waals surface area contributed by atoms with E-state index in [1.165, 1.54) is 5.56 Å². The Kier molecular flexibility index (Phi) is 4.86. The van der Waals surface area contributed by atoms with Crippen molar-refractivity contribution in [2.75, 3.05) is 7.11 Å². The Morgan fingerprint density at radius 2 is 2.00 bits per heavy atom. The van der Waals surface area contributed by atoms with Gasteiger partial charge in [-0.25, -0.2) is 0 Å². The van der Waals surface area contributed by atoms with E-state index in [9.17, 15) is 0 Å². The Morgan fingerprint density at radius 1 is 1.21 bits per heavy atom. The fourth-order valence-corrected chi connectivity index (χ4v) is 1.98. The SMILES string of the molecule is CCC(NCc1cnccn1)c1ccc(OC)cc1. The van der Waals surface area contributed by atoms with Crippen LogP contribution in [0.4, 0.5) is 0 Å². The van der Waals surface area contributed by atoms with Gasteiger partial charge in [0.2, 0.25) is 0 Å². The molecule has 0 aliphatic heterocycles. The second kappa shape index (κ2) is 6.85. The Labute approximate surface area is 113 Å². The van der Waals surface area contributed by atoms with Crippen molar-refractivity contribution in [3.8, 4) is 5.75 Å². The van der Waals surface area contributed by atoms with Crippen molar-refractivity contribution in [3.05, 3.63) is 54.1 Å². The highest BCUT2D eigenvalue weighted by Gasteiger charge is 2.09. The smallest absolute Gasteiger partial charge is 0.118 e. The van der Waals surface area contributed by atoms with E-state index in [1.807, 2.05) is 12.1 Å². The average Bonchev–Trinajstić information content (AvgIpc) is 2.49. The molecule has 0 amide bonds. The molecule has 2 rings (SSSR count). The minimum absolute atomic E-state index is 0.313. The molecular weight excluding hydrogens is 238 g/mol. The number of nitrogens with zero attached hydrogens (tertiary/aromatic N) is 2. The summed E-state index contributed by atoms with van der Waals surface area (Å²) in [7, 11) is 1.68. The third-order valence-corrected chi connectivity index (χ3v) is 3.07. The van der Waals surface area contributed by atoms with Crippen molar-refractivity contribution in [2.24, 2.45) is 0 Å². The molecule has 0 saturated heterocycles. The van der Waals surface area contributed by atoms with Gasteiger partial charge in [-0.15, -0.1) is 0 Å². The summed E-state index contributed by atoms with van der Waals surface area (Å²) in [5.41, 5.74) is 2.21. The summed E-state index contributed by atoms with van der Waals surface area (Å²) >= 11 is 0. The van der Waals surface area contributed by atoms with Gasteiger partial charge in [0.15, 0.2) is 0 Å². The number of benzene rings is 1. The first-order chi connectivity index (χ1) is 9.33. The van der Waals surface area contributed by atoms with Crippen molar-refractivity contribution in [1.82, 2.24) is 15.3 Å². The number of ether oxygens (including phenoxy) is 1. The highest BCUT2D eigenvalue weighted by Crippen LogP contribution is 2.20. The van der Waals surface area contributed by atoms with Crippen molar-refractivity contribution in [2.45, 2.75) is 25.9 Å². The Morgan fingerprint density at radius 3 is 2.58 bits per heavy atom. The van der Waals surface area contributed by atoms with Crippen LogP contribution in [0.3, 0.4) is 0 Å². The lowest BCUT2D eigenvalue weighted by Gasteiger charge is -2.17. The minimum Gasteiger partial charge on any atom is -0.497 e. The summed E-state index contributed by atoms with van der Waals surface area (Å²) in [6, 6.07) is 8.48. The van der Waals surface area contributed by atoms with Crippen LogP contribution in [-0.2, 0) is 6.54 Å². The Hall–Kier alpha value is -1.94. The van der Waals surface area contributed by atoms with Gasteiger partial charge in [-0.1, -0.05) is 19.1 Å². The molecule has 0 aliphatic carbocycles. The molecule has 2 aromatic rings. The maximum Gasteiger partial charge on any atom is 0.118 e. The molecule has 1 N–H and O–H groups in total. The van der Waals surface area contributed by atoms with Gasteiger partial charge in [-0.3, -0.25) is 9.97 Å². The molecule has 1 unspecified atom stereocenters. The number of nitrogens with one attached hydrogen (secondary N) is 1. The monoisotopic (exact) mass is 257 g/mol. The molecule has 0 saturated carbocycles. The predicted molar refractivity (Wildman–Crippen MR) is 74.9 cm³/mol. The summed E-state index contributed by atoms with van der Waals surface area (Å²) < 4.78 is 5.17. The van der Waals surface area contributed by atoms with E-state index < -0.39 is 0 Å². The Bertz CT molecular complexity index is 485. The molecule has 0 aliphatic rings. The number of methoxy groups -OCH3 is 1. The Balaban J connectivity index is 1.99. The maximum absolute atomic E-state index is 5.17. The summed E-state index contributed by atoms with van der Waals surface area (Å²) in [4.78, 5) is 8.33. The van der Waals surface area contributed by atoms with Gasteiger partial charge < -0.3 is 10.1 Å². The zero-order valence-corrected chi connectivity index (χ0v) is 11.3. The van der Waals surface area contributed by atoms with E-state index >= 15 is 0 Å². The fraction of sp³-hybridized carbons (Fsp3) is 0.333. The average molecular weight is 257 g/mol. The summed E-state index contributed by atoms with van der Waals surface area (Å²) in [6.07, 6.45) is 6.20. The second-order valence-corrected chi connectivity index (χ2v) is 4.31. The molecule has 0 fully saturated rings. The van der Waals surface area contributed by atoms with E-state index in [0.29, 0.717) is 6.04 Å². The van der Waals surface area contributed by atoms with E-state index in [4.69, 9.17) is 4.74 Å². The minimum atomic E-state index is 0.313. The third kappa shape index (κ3) is 3.76. The van der Waals surface area contributed by atoms with Crippen LogP contribution < -0.4 is 10.1 Å². The highest BCUT2D eigenvalue weighted by atomic mass is 16.5. The largest absolute Gasteiger partial charge is 0.497 e. The molecule has 1 heterocycles. The van der Waals surface area contributed by atoms with Crippen molar-refractivity contribution >= 4 is 0 Å². The molecule has 1 atom stereocenters. The molecule has 100 valence electrons. The van der Waals surface area contributed by atoms with Crippen molar-refractivity contribution < 1.29 is 4.74 Å². The first-order valence-electron chi connectivity index (χ1n) is 6.45. The molecular formula is C15H19N3O. The lowest BCUT2D eigenvalue weighted by molar-refractivity contribution is 0.414. The summed E-state index contributed by atoms with van der Waals surface area (Å²) in [6.45, 7) is 2.89. The van der Waals surface area contributed by atoms with E-state index in [1.54, 1.807) is 25.7 Å². The summed E-state index contributed by atoms with van der Waals surface area (Å²) in [5, 5.41) is 3.50. The van der Waals surface area contributed by atoms with Crippen LogP contribution in [-0.4, -0.2) is 17.1 Å². The predicted octanol–water partition coefficient (Wildman–Crippen LogP) is 2.73. The zero-order valence-electron chi connectivity index (χ0n) is 11.3. The van der Waals surface area contributed by atoms with Gasteiger partial charge in [0, 0.05) is 31.2 Å². The quantitative estimate of drug-likeness (QED) is 0.864. The zero-order chi connectivity index (χ0) is 13.5. The van der Waals surface area contributed by atoms with Crippen LogP contribution in [0.2, 0.25) is 0 Å². The molecule has 1 aromatic heterocycles. The van der Waals surface area contributed by atoms with Crippen LogP contribution in [0.5, 0.6) is 5.75 Å². The maximum atomic E-state index is 5.17. The van der Waals surface area contributed by atoms with Crippen LogP contribution in [0.15, 0.2) is 42.9 Å². The van der Waals surface area contributed by atoms with Crippen LogP contribution in [0, 0.1) is 0 Å². The topological polar surface area (TPSA) is 47.0 Å².